The van der Waals surface area contributed by atoms with Crippen LogP contribution < -0.4 is 10.9 Å². The number of nitrogens with one attached hydrogen (secondary N) is 2. The van der Waals surface area contributed by atoms with Crippen LogP contribution in [-0.2, 0) is 9.47 Å². The topological polar surface area (TPSA) is 76.2 Å². The van der Waals surface area contributed by atoms with Crippen LogP contribution in [0.3, 0.4) is 0 Å². The first kappa shape index (κ1) is 14.1. The summed E-state index contributed by atoms with van der Waals surface area (Å²) >= 11 is 3.17. The fourth-order valence-electron chi connectivity index (χ4n) is 1.13. The van der Waals surface area contributed by atoms with Gasteiger partial charge >= 0.3 is 0 Å². The van der Waals surface area contributed by atoms with Gasteiger partial charge in [-0.2, -0.15) is 0 Å². The summed E-state index contributed by atoms with van der Waals surface area (Å²) in [5, 5.41) is 3.06. The second kappa shape index (κ2) is 8.21. The Morgan fingerprint density at radius 1 is 1.47 bits per heavy atom. The molecule has 96 valence electrons. The first-order valence-corrected chi connectivity index (χ1v) is 6.08. The van der Waals surface area contributed by atoms with Crippen LogP contribution in [0, 0.1) is 0 Å². The molecule has 1 aromatic rings. The quantitative estimate of drug-likeness (QED) is 0.701. The lowest BCUT2D eigenvalue weighted by Crippen LogP contribution is -2.14. The maximum atomic E-state index is 11.2. The minimum atomic E-state index is -0.196. The predicted octanol–water partition coefficient (Wildman–Crippen LogP) is 0.997. The Kier molecular flexibility index (Phi) is 6.83. The SMILES string of the molecule is COCCOCCCNc1nc[nH]c(=O)c1Br. The molecule has 0 saturated carbocycles. The third-order valence-corrected chi connectivity index (χ3v) is 2.72. The zero-order valence-corrected chi connectivity index (χ0v) is 11.2. The van der Waals surface area contributed by atoms with Gasteiger partial charge in [-0.05, 0) is 22.4 Å². The Labute approximate surface area is 108 Å². The Morgan fingerprint density at radius 3 is 3.06 bits per heavy atom. The van der Waals surface area contributed by atoms with Crippen molar-refractivity contribution in [2.24, 2.45) is 0 Å². The molecule has 0 amide bonds. The molecule has 1 heterocycles. The molecule has 0 aliphatic carbocycles. The monoisotopic (exact) mass is 305 g/mol. The molecule has 6 nitrogen and oxygen atoms in total. The highest BCUT2D eigenvalue weighted by Crippen LogP contribution is 2.12. The van der Waals surface area contributed by atoms with E-state index in [1.807, 2.05) is 0 Å². The van der Waals surface area contributed by atoms with Gasteiger partial charge < -0.3 is 19.8 Å². The molecule has 0 aliphatic heterocycles. The van der Waals surface area contributed by atoms with Crippen molar-refractivity contribution < 1.29 is 9.47 Å². The molecule has 1 rings (SSSR count). The van der Waals surface area contributed by atoms with Crippen molar-refractivity contribution in [2.45, 2.75) is 6.42 Å². The van der Waals surface area contributed by atoms with Gasteiger partial charge in [0.2, 0.25) is 0 Å². The number of anilines is 1. The van der Waals surface area contributed by atoms with Crippen molar-refractivity contribution in [3.05, 3.63) is 21.2 Å². The molecule has 1 aromatic heterocycles. The van der Waals surface area contributed by atoms with E-state index in [2.05, 4.69) is 31.2 Å². The van der Waals surface area contributed by atoms with Crippen LogP contribution in [0.15, 0.2) is 15.6 Å². The average Bonchev–Trinajstić information content (AvgIpc) is 2.33. The smallest absolute Gasteiger partial charge is 0.267 e. The van der Waals surface area contributed by atoms with E-state index in [0.717, 1.165) is 6.42 Å². The maximum absolute atomic E-state index is 11.2. The summed E-state index contributed by atoms with van der Waals surface area (Å²) in [6.07, 6.45) is 2.20. The van der Waals surface area contributed by atoms with Gasteiger partial charge in [0.05, 0.1) is 19.5 Å². The van der Waals surface area contributed by atoms with E-state index >= 15 is 0 Å². The number of halogens is 1. The van der Waals surface area contributed by atoms with E-state index in [-0.39, 0.29) is 5.56 Å². The Hall–Kier alpha value is -0.920. The van der Waals surface area contributed by atoms with Crippen LogP contribution in [0.2, 0.25) is 0 Å². The van der Waals surface area contributed by atoms with Crippen molar-refractivity contribution in [1.29, 1.82) is 0 Å². The summed E-state index contributed by atoms with van der Waals surface area (Å²) in [7, 11) is 1.64. The molecule has 7 heteroatoms. The van der Waals surface area contributed by atoms with Crippen LogP contribution in [0.5, 0.6) is 0 Å². The molecule has 0 atom stereocenters. The molecule has 0 saturated heterocycles. The Morgan fingerprint density at radius 2 is 2.29 bits per heavy atom. The van der Waals surface area contributed by atoms with Gasteiger partial charge in [-0.25, -0.2) is 4.98 Å². The second-order valence-electron chi connectivity index (χ2n) is 3.28. The first-order valence-electron chi connectivity index (χ1n) is 5.29. The number of ether oxygens (including phenoxy) is 2. The third-order valence-electron chi connectivity index (χ3n) is 1.99. The van der Waals surface area contributed by atoms with Crippen molar-refractivity contribution in [2.75, 3.05) is 38.8 Å². The number of rotatable bonds is 8. The highest BCUT2D eigenvalue weighted by atomic mass is 79.9. The molecular formula is C10H16BrN3O3. The minimum Gasteiger partial charge on any atom is -0.382 e. The van der Waals surface area contributed by atoms with E-state index in [0.29, 0.717) is 36.7 Å². The molecule has 17 heavy (non-hydrogen) atoms. The lowest BCUT2D eigenvalue weighted by atomic mass is 10.4. The van der Waals surface area contributed by atoms with Crippen molar-refractivity contribution >= 4 is 21.7 Å². The zero-order valence-electron chi connectivity index (χ0n) is 9.66. The third kappa shape index (κ3) is 5.29. The lowest BCUT2D eigenvalue weighted by Gasteiger charge is -2.07. The second-order valence-corrected chi connectivity index (χ2v) is 4.07. The Bertz CT molecular complexity index is 383. The fraction of sp³-hybridized carbons (Fsp3) is 0.600. The van der Waals surface area contributed by atoms with Crippen LogP contribution in [0.1, 0.15) is 6.42 Å². The van der Waals surface area contributed by atoms with Gasteiger partial charge in [-0.1, -0.05) is 0 Å². The average molecular weight is 306 g/mol. The molecule has 0 aliphatic rings. The summed E-state index contributed by atoms with van der Waals surface area (Å²) in [5.74, 6) is 0.547. The molecule has 0 spiro atoms. The normalized spacial score (nSPS) is 10.5. The van der Waals surface area contributed by atoms with Crippen molar-refractivity contribution in [3.8, 4) is 0 Å². The van der Waals surface area contributed by atoms with Crippen LogP contribution in [0.25, 0.3) is 0 Å². The van der Waals surface area contributed by atoms with E-state index in [9.17, 15) is 4.79 Å². The Balaban J connectivity index is 2.18. The highest BCUT2D eigenvalue weighted by molar-refractivity contribution is 9.10. The number of hydrogen-bond acceptors (Lipinski definition) is 5. The van der Waals surface area contributed by atoms with Gasteiger partial charge in [0, 0.05) is 20.3 Å². The van der Waals surface area contributed by atoms with E-state index in [1.54, 1.807) is 7.11 Å². The molecule has 0 aromatic carbocycles. The zero-order chi connectivity index (χ0) is 12.5. The van der Waals surface area contributed by atoms with Gasteiger partial charge in [0.25, 0.3) is 5.56 Å². The van der Waals surface area contributed by atoms with Crippen molar-refractivity contribution in [1.82, 2.24) is 9.97 Å². The van der Waals surface area contributed by atoms with E-state index in [4.69, 9.17) is 9.47 Å². The van der Waals surface area contributed by atoms with E-state index in [1.165, 1.54) is 6.33 Å². The van der Waals surface area contributed by atoms with E-state index < -0.39 is 0 Å². The van der Waals surface area contributed by atoms with Crippen LogP contribution >= 0.6 is 15.9 Å². The number of nitrogens with zero attached hydrogens (tertiary/aromatic N) is 1. The van der Waals surface area contributed by atoms with Gasteiger partial charge in [0.1, 0.15) is 10.3 Å². The van der Waals surface area contributed by atoms with Crippen LogP contribution in [-0.4, -0.2) is 43.4 Å². The number of aromatic amines is 1. The van der Waals surface area contributed by atoms with Gasteiger partial charge in [-0.3, -0.25) is 4.79 Å². The van der Waals surface area contributed by atoms with Crippen molar-refractivity contribution in [3.63, 3.8) is 0 Å². The van der Waals surface area contributed by atoms with Gasteiger partial charge in [0.15, 0.2) is 0 Å². The number of methoxy groups -OCH3 is 1. The summed E-state index contributed by atoms with van der Waals surface area (Å²) in [6, 6.07) is 0. The van der Waals surface area contributed by atoms with Gasteiger partial charge in [-0.15, -0.1) is 0 Å². The summed E-state index contributed by atoms with van der Waals surface area (Å²) in [5.41, 5.74) is -0.196. The molecule has 0 fully saturated rings. The highest BCUT2D eigenvalue weighted by Gasteiger charge is 2.03. The fourth-order valence-corrected chi connectivity index (χ4v) is 1.49. The maximum Gasteiger partial charge on any atom is 0.267 e. The molecule has 0 radical (unpaired) electrons. The lowest BCUT2D eigenvalue weighted by molar-refractivity contribution is 0.0705. The number of aromatic nitrogens is 2. The minimum absolute atomic E-state index is 0.196. The summed E-state index contributed by atoms with van der Waals surface area (Å²) < 4.78 is 10.6. The number of hydrogen-bond donors (Lipinski definition) is 2. The standard InChI is InChI=1S/C10H16BrN3O3/c1-16-5-6-17-4-2-3-12-9-8(11)10(15)14-7-13-9/h7H,2-6H2,1H3,(H2,12,13,14,15). The molecule has 2 N–H and O–H groups in total. The molecular weight excluding hydrogens is 290 g/mol. The predicted molar refractivity (Wildman–Crippen MR) is 68.4 cm³/mol. The first-order chi connectivity index (χ1) is 8.25. The van der Waals surface area contributed by atoms with Crippen LogP contribution in [0.4, 0.5) is 5.82 Å². The number of H-pyrrole nitrogens is 1. The largest absolute Gasteiger partial charge is 0.382 e. The summed E-state index contributed by atoms with van der Waals surface area (Å²) in [4.78, 5) is 17.7. The molecule has 0 unspecified atom stereocenters. The summed E-state index contributed by atoms with van der Waals surface area (Å²) in [6.45, 7) is 2.55. The molecule has 0 bridgehead atoms.